The number of esters is 1. The fourth-order valence-electron chi connectivity index (χ4n) is 2.01. The average Bonchev–Trinajstić information content (AvgIpc) is 2.39. The molecule has 0 aliphatic carbocycles. The fraction of sp³-hybridized carbons (Fsp3) is 0.824. The van der Waals surface area contributed by atoms with E-state index in [1.165, 1.54) is 52.1 Å². The molecule has 0 saturated carbocycles. The van der Waals surface area contributed by atoms with Crippen LogP contribution in [0.15, 0.2) is 12.2 Å². The molecule has 0 aromatic carbocycles. The van der Waals surface area contributed by atoms with Crippen LogP contribution in [0, 0.1) is 5.92 Å². The molecular formula is C17H32O2. The molecule has 0 rings (SSSR count). The molecular weight excluding hydrogens is 236 g/mol. The highest BCUT2D eigenvalue weighted by Gasteiger charge is 1.98. The molecule has 2 nitrogen and oxygen atoms in total. The first-order valence-corrected chi connectivity index (χ1v) is 7.88. The molecule has 0 aromatic rings. The fourth-order valence-corrected chi connectivity index (χ4v) is 2.01. The van der Waals surface area contributed by atoms with E-state index in [4.69, 9.17) is 0 Å². The maximum atomic E-state index is 10.9. The molecule has 0 fully saturated rings. The summed E-state index contributed by atoms with van der Waals surface area (Å²) in [5.74, 6) is 0.737. The van der Waals surface area contributed by atoms with Crippen LogP contribution in [0.25, 0.3) is 0 Å². The van der Waals surface area contributed by atoms with E-state index in [0.717, 1.165) is 18.8 Å². The second-order valence-electron chi connectivity index (χ2n) is 5.68. The summed E-state index contributed by atoms with van der Waals surface area (Å²) in [7, 11) is 1.46. The lowest BCUT2D eigenvalue weighted by molar-refractivity contribution is -0.140. The van der Waals surface area contributed by atoms with Gasteiger partial charge in [-0.25, -0.2) is 0 Å². The minimum atomic E-state index is -0.0773. The molecule has 0 spiro atoms. The lowest BCUT2D eigenvalue weighted by Crippen LogP contribution is -1.99. The molecule has 0 bridgehead atoms. The van der Waals surface area contributed by atoms with Gasteiger partial charge in [0, 0.05) is 6.42 Å². The number of methoxy groups -OCH3 is 1. The number of ether oxygens (including phenoxy) is 1. The standard InChI is InChI=1S/C17H32O2/c1-16(2)14-12-10-8-6-4-5-7-9-11-13-15-17(18)19-3/h8,10,16H,4-7,9,11-15H2,1-3H3. The van der Waals surface area contributed by atoms with Crippen LogP contribution in [-0.4, -0.2) is 13.1 Å². The summed E-state index contributed by atoms with van der Waals surface area (Å²) in [6.45, 7) is 4.54. The third-order valence-electron chi connectivity index (χ3n) is 3.31. The maximum absolute atomic E-state index is 10.9. The maximum Gasteiger partial charge on any atom is 0.305 e. The van der Waals surface area contributed by atoms with Crippen molar-refractivity contribution in [3.63, 3.8) is 0 Å². The van der Waals surface area contributed by atoms with Gasteiger partial charge in [0.1, 0.15) is 0 Å². The summed E-state index contributed by atoms with van der Waals surface area (Å²) in [4.78, 5) is 10.9. The van der Waals surface area contributed by atoms with Gasteiger partial charge in [-0.15, -0.1) is 0 Å². The normalized spacial score (nSPS) is 11.4. The number of hydrogen-bond acceptors (Lipinski definition) is 2. The Morgan fingerprint density at radius 2 is 1.53 bits per heavy atom. The Hall–Kier alpha value is -0.790. The van der Waals surface area contributed by atoms with Crippen LogP contribution in [0.4, 0.5) is 0 Å². The first kappa shape index (κ1) is 18.2. The van der Waals surface area contributed by atoms with Crippen molar-refractivity contribution in [2.75, 3.05) is 7.11 Å². The molecule has 0 radical (unpaired) electrons. The lowest BCUT2D eigenvalue weighted by atomic mass is 10.1. The van der Waals surface area contributed by atoms with E-state index in [2.05, 4.69) is 30.7 Å². The van der Waals surface area contributed by atoms with E-state index in [9.17, 15) is 4.79 Å². The number of carbonyl (C=O) groups is 1. The molecule has 0 amide bonds. The molecule has 19 heavy (non-hydrogen) atoms. The third-order valence-corrected chi connectivity index (χ3v) is 3.31. The molecule has 2 heteroatoms. The van der Waals surface area contributed by atoms with Gasteiger partial charge in [0.05, 0.1) is 7.11 Å². The van der Waals surface area contributed by atoms with Gasteiger partial charge in [-0.05, 0) is 38.0 Å². The Labute approximate surface area is 119 Å². The van der Waals surface area contributed by atoms with Gasteiger partial charge >= 0.3 is 5.97 Å². The Kier molecular flexibility index (Phi) is 13.1. The van der Waals surface area contributed by atoms with Gasteiger partial charge in [-0.2, -0.15) is 0 Å². The smallest absolute Gasteiger partial charge is 0.305 e. The quantitative estimate of drug-likeness (QED) is 0.274. The Morgan fingerprint density at radius 1 is 0.947 bits per heavy atom. The van der Waals surface area contributed by atoms with E-state index >= 15 is 0 Å². The SMILES string of the molecule is COC(=O)CCCCCCCCC=CCCC(C)C. The molecule has 0 saturated heterocycles. The summed E-state index contributed by atoms with van der Waals surface area (Å²) in [5, 5.41) is 0. The van der Waals surface area contributed by atoms with Crippen LogP contribution in [0.3, 0.4) is 0 Å². The first-order valence-electron chi connectivity index (χ1n) is 7.88. The van der Waals surface area contributed by atoms with Crippen molar-refractivity contribution in [2.24, 2.45) is 5.92 Å². The average molecular weight is 268 g/mol. The van der Waals surface area contributed by atoms with Crippen LogP contribution in [0.2, 0.25) is 0 Å². The summed E-state index contributed by atoms with van der Waals surface area (Å²) in [6, 6.07) is 0. The van der Waals surface area contributed by atoms with Gasteiger partial charge in [-0.3, -0.25) is 4.79 Å². The van der Waals surface area contributed by atoms with E-state index in [-0.39, 0.29) is 5.97 Å². The Morgan fingerprint density at radius 3 is 2.16 bits per heavy atom. The van der Waals surface area contributed by atoms with Crippen molar-refractivity contribution in [2.45, 2.75) is 78.1 Å². The van der Waals surface area contributed by atoms with Crippen LogP contribution in [-0.2, 0) is 9.53 Å². The van der Waals surface area contributed by atoms with Crippen LogP contribution < -0.4 is 0 Å². The zero-order chi connectivity index (χ0) is 14.3. The van der Waals surface area contributed by atoms with Gasteiger partial charge in [-0.1, -0.05) is 51.7 Å². The van der Waals surface area contributed by atoms with Crippen molar-refractivity contribution < 1.29 is 9.53 Å². The second-order valence-corrected chi connectivity index (χ2v) is 5.68. The molecule has 0 atom stereocenters. The van der Waals surface area contributed by atoms with Gasteiger partial charge in [0.2, 0.25) is 0 Å². The zero-order valence-electron chi connectivity index (χ0n) is 13.1. The summed E-state index contributed by atoms with van der Waals surface area (Å²) >= 11 is 0. The molecule has 0 aliphatic heterocycles. The number of carbonyl (C=O) groups excluding carboxylic acids is 1. The first-order chi connectivity index (χ1) is 9.16. The number of allylic oxidation sites excluding steroid dienone is 2. The van der Waals surface area contributed by atoms with Gasteiger partial charge in [0.15, 0.2) is 0 Å². The van der Waals surface area contributed by atoms with Gasteiger partial charge in [0.25, 0.3) is 0 Å². The molecule has 0 aromatic heterocycles. The van der Waals surface area contributed by atoms with E-state index in [1.54, 1.807) is 0 Å². The van der Waals surface area contributed by atoms with Crippen LogP contribution in [0.1, 0.15) is 78.1 Å². The van der Waals surface area contributed by atoms with E-state index in [0.29, 0.717) is 6.42 Å². The highest BCUT2D eigenvalue weighted by Crippen LogP contribution is 2.10. The lowest BCUT2D eigenvalue weighted by Gasteiger charge is -2.01. The minimum Gasteiger partial charge on any atom is -0.469 e. The van der Waals surface area contributed by atoms with Crippen molar-refractivity contribution in [3.05, 3.63) is 12.2 Å². The number of hydrogen-bond donors (Lipinski definition) is 0. The molecule has 0 unspecified atom stereocenters. The molecule has 0 N–H and O–H groups in total. The Bertz CT molecular complexity index is 231. The predicted octanol–water partition coefficient (Wildman–Crippen LogP) is 5.27. The second kappa shape index (κ2) is 13.6. The van der Waals surface area contributed by atoms with Crippen LogP contribution in [0.5, 0.6) is 0 Å². The van der Waals surface area contributed by atoms with E-state index < -0.39 is 0 Å². The highest BCUT2D eigenvalue weighted by atomic mass is 16.5. The topological polar surface area (TPSA) is 26.3 Å². The van der Waals surface area contributed by atoms with Crippen molar-refractivity contribution in [3.8, 4) is 0 Å². The summed E-state index contributed by atoms with van der Waals surface area (Å²) in [5.41, 5.74) is 0. The third kappa shape index (κ3) is 15.2. The number of unbranched alkanes of at least 4 members (excludes halogenated alkanes) is 6. The molecule has 0 aliphatic rings. The molecule has 112 valence electrons. The van der Waals surface area contributed by atoms with Gasteiger partial charge < -0.3 is 4.74 Å². The summed E-state index contributed by atoms with van der Waals surface area (Å²) in [6.07, 6.45) is 16.3. The van der Waals surface area contributed by atoms with Crippen molar-refractivity contribution in [1.82, 2.24) is 0 Å². The van der Waals surface area contributed by atoms with Crippen molar-refractivity contribution >= 4 is 5.97 Å². The summed E-state index contributed by atoms with van der Waals surface area (Å²) < 4.78 is 4.61. The Balaban J connectivity index is 3.12. The number of rotatable bonds is 12. The van der Waals surface area contributed by atoms with E-state index in [1.807, 2.05) is 0 Å². The largest absolute Gasteiger partial charge is 0.469 e. The molecule has 0 heterocycles. The van der Waals surface area contributed by atoms with Crippen LogP contribution >= 0.6 is 0 Å². The highest BCUT2D eigenvalue weighted by molar-refractivity contribution is 5.68. The monoisotopic (exact) mass is 268 g/mol. The minimum absolute atomic E-state index is 0.0773. The zero-order valence-corrected chi connectivity index (χ0v) is 13.1. The predicted molar refractivity (Wildman–Crippen MR) is 82.2 cm³/mol. The van der Waals surface area contributed by atoms with Crippen molar-refractivity contribution in [1.29, 1.82) is 0 Å².